The number of rotatable bonds is 16. The number of hydrogen-bond acceptors (Lipinski definition) is 6. The van der Waals surface area contributed by atoms with Crippen molar-refractivity contribution in [3.63, 3.8) is 0 Å². The van der Waals surface area contributed by atoms with Crippen molar-refractivity contribution in [1.29, 1.82) is 0 Å². The van der Waals surface area contributed by atoms with E-state index in [9.17, 15) is 9.59 Å². The SMILES string of the molecule is CCCCCCOc1ccc(C(=O)Oc2ccc(C(=O)OCC(C)CC)cc2OCC(C)CC)cc1. The third-order valence-corrected chi connectivity index (χ3v) is 6.15. The summed E-state index contributed by atoms with van der Waals surface area (Å²) in [5, 5.41) is 0. The van der Waals surface area contributed by atoms with Gasteiger partial charge in [0.05, 0.1) is 30.9 Å². The van der Waals surface area contributed by atoms with E-state index in [2.05, 4.69) is 27.7 Å². The van der Waals surface area contributed by atoms with Gasteiger partial charge in [0.25, 0.3) is 0 Å². The molecule has 6 nitrogen and oxygen atoms in total. The average molecular weight is 499 g/mol. The zero-order valence-corrected chi connectivity index (χ0v) is 22.5. The number of carbonyl (C=O) groups is 2. The van der Waals surface area contributed by atoms with Crippen molar-refractivity contribution in [1.82, 2.24) is 0 Å². The van der Waals surface area contributed by atoms with Gasteiger partial charge in [0, 0.05) is 0 Å². The number of carbonyl (C=O) groups excluding carboxylic acids is 2. The second-order valence-electron chi connectivity index (χ2n) is 9.42. The first-order valence-electron chi connectivity index (χ1n) is 13.3. The molecule has 0 aliphatic heterocycles. The van der Waals surface area contributed by atoms with Crippen LogP contribution in [-0.2, 0) is 4.74 Å². The maximum absolute atomic E-state index is 12.8. The second kappa shape index (κ2) is 15.9. The summed E-state index contributed by atoms with van der Waals surface area (Å²) in [6, 6.07) is 11.7. The molecule has 2 aromatic carbocycles. The first-order chi connectivity index (χ1) is 17.4. The van der Waals surface area contributed by atoms with Crippen LogP contribution in [0.4, 0.5) is 0 Å². The minimum atomic E-state index is -0.509. The van der Waals surface area contributed by atoms with E-state index in [-0.39, 0.29) is 11.7 Å². The van der Waals surface area contributed by atoms with Crippen molar-refractivity contribution in [2.75, 3.05) is 19.8 Å². The molecule has 2 atom stereocenters. The quantitative estimate of drug-likeness (QED) is 0.136. The fourth-order valence-electron chi connectivity index (χ4n) is 3.17. The van der Waals surface area contributed by atoms with Crippen molar-refractivity contribution in [3.8, 4) is 17.2 Å². The largest absolute Gasteiger partial charge is 0.494 e. The Labute approximate surface area is 216 Å². The summed E-state index contributed by atoms with van der Waals surface area (Å²) < 4.78 is 22.8. The summed E-state index contributed by atoms with van der Waals surface area (Å²) in [4.78, 5) is 25.4. The Balaban J connectivity index is 2.08. The molecule has 2 aromatic rings. The fraction of sp³-hybridized carbons (Fsp3) is 0.533. The van der Waals surface area contributed by atoms with Gasteiger partial charge < -0.3 is 18.9 Å². The molecular weight excluding hydrogens is 456 g/mol. The molecule has 0 aliphatic carbocycles. The highest BCUT2D eigenvalue weighted by molar-refractivity contribution is 5.93. The summed E-state index contributed by atoms with van der Waals surface area (Å²) in [6.45, 7) is 11.9. The molecule has 0 aliphatic rings. The van der Waals surface area contributed by atoms with E-state index in [0.717, 1.165) is 31.4 Å². The van der Waals surface area contributed by atoms with Gasteiger partial charge in [-0.25, -0.2) is 9.59 Å². The van der Waals surface area contributed by atoms with Crippen LogP contribution in [0.1, 0.15) is 93.9 Å². The highest BCUT2D eigenvalue weighted by atomic mass is 16.6. The van der Waals surface area contributed by atoms with E-state index in [4.69, 9.17) is 18.9 Å². The Hall–Kier alpha value is -3.02. The predicted octanol–water partition coefficient (Wildman–Crippen LogP) is 7.49. The molecule has 0 heterocycles. The molecule has 0 amide bonds. The predicted molar refractivity (Wildman–Crippen MR) is 142 cm³/mol. The zero-order valence-electron chi connectivity index (χ0n) is 22.5. The topological polar surface area (TPSA) is 71.1 Å². The van der Waals surface area contributed by atoms with E-state index < -0.39 is 11.9 Å². The highest BCUT2D eigenvalue weighted by Crippen LogP contribution is 2.30. The number of unbranched alkanes of at least 4 members (excludes halogenated alkanes) is 3. The lowest BCUT2D eigenvalue weighted by Crippen LogP contribution is -2.14. The monoisotopic (exact) mass is 498 g/mol. The minimum absolute atomic E-state index is 0.262. The highest BCUT2D eigenvalue weighted by Gasteiger charge is 2.18. The number of esters is 2. The molecule has 0 spiro atoms. The molecule has 0 fully saturated rings. The Kier molecular flexibility index (Phi) is 12.9. The van der Waals surface area contributed by atoms with Crippen molar-refractivity contribution in [2.24, 2.45) is 11.8 Å². The molecule has 198 valence electrons. The Morgan fingerprint density at radius 1 is 0.722 bits per heavy atom. The zero-order chi connectivity index (χ0) is 26.3. The van der Waals surface area contributed by atoms with E-state index in [1.807, 2.05) is 6.92 Å². The first-order valence-corrected chi connectivity index (χ1v) is 13.3. The molecular formula is C30H42O6. The Bertz CT molecular complexity index is 937. The molecule has 0 radical (unpaired) electrons. The Morgan fingerprint density at radius 2 is 1.39 bits per heavy atom. The number of hydrogen-bond donors (Lipinski definition) is 0. The minimum Gasteiger partial charge on any atom is -0.494 e. The molecule has 0 N–H and O–H groups in total. The molecule has 2 rings (SSSR count). The van der Waals surface area contributed by atoms with Crippen LogP contribution in [0.15, 0.2) is 42.5 Å². The van der Waals surface area contributed by atoms with Crippen LogP contribution < -0.4 is 14.2 Å². The van der Waals surface area contributed by atoms with Crippen LogP contribution in [0.5, 0.6) is 17.2 Å². The number of benzene rings is 2. The van der Waals surface area contributed by atoms with Crippen molar-refractivity contribution in [3.05, 3.63) is 53.6 Å². The van der Waals surface area contributed by atoms with Crippen molar-refractivity contribution >= 4 is 11.9 Å². The average Bonchev–Trinajstić information content (AvgIpc) is 2.90. The smallest absolute Gasteiger partial charge is 0.343 e. The lowest BCUT2D eigenvalue weighted by Gasteiger charge is -2.16. The molecule has 0 saturated heterocycles. The lowest BCUT2D eigenvalue weighted by molar-refractivity contribution is 0.0446. The summed E-state index contributed by atoms with van der Waals surface area (Å²) in [5.41, 5.74) is 0.760. The van der Waals surface area contributed by atoms with Gasteiger partial charge in [0.2, 0.25) is 0 Å². The van der Waals surface area contributed by atoms with Crippen LogP contribution in [0.3, 0.4) is 0 Å². The van der Waals surface area contributed by atoms with Crippen LogP contribution in [0, 0.1) is 11.8 Å². The van der Waals surface area contributed by atoms with Gasteiger partial charge in [-0.05, 0) is 60.7 Å². The second-order valence-corrected chi connectivity index (χ2v) is 9.42. The molecule has 36 heavy (non-hydrogen) atoms. The first kappa shape index (κ1) is 29.2. The maximum Gasteiger partial charge on any atom is 0.343 e. The van der Waals surface area contributed by atoms with Gasteiger partial charge in [-0.3, -0.25) is 0 Å². The summed E-state index contributed by atoms with van der Waals surface area (Å²) >= 11 is 0. The van der Waals surface area contributed by atoms with Crippen LogP contribution in [-0.4, -0.2) is 31.8 Å². The molecule has 6 heteroatoms. The summed E-state index contributed by atoms with van der Waals surface area (Å²) in [6.07, 6.45) is 6.43. The summed E-state index contributed by atoms with van der Waals surface area (Å²) in [5.74, 6) is 0.988. The molecule has 2 unspecified atom stereocenters. The van der Waals surface area contributed by atoms with Gasteiger partial charge in [0.15, 0.2) is 11.5 Å². The third kappa shape index (κ3) is 9.92. The van der Waals surface area contributed by atoms with Gasteiger partial charge in [-0.15, -0.1) is 0 Å². The molecule has 0 saturated carbocycles. The van der Waals surface area contributed by atoms with Gasteiger partial charge >= 0.3 is 11.9 Å². The van der Waals surface area contributed by atoms with E-state index >= 15 is 0 Å². The maximum atomic E-state index is 12.8. The molecule has 0 aromatic heterocycles. The van der Waals surface area contributed by atoms with E-state index in [1.165, 1.54) is 12.8 Å². The van der Waals surface area contributed by atoms with Crippen LogP contribution in [0.25, 0.3) is 0 Å². The standard InChI is InChI=1S/C30H42O6/c1-6-9-10-11-18-33-26-15-12-24(13-16-26)30(32)36-27-17-14-25(29(31)35-21-23(5)8-3)19-28(27)34-20-22(4)7-2/h12-17,19,22-23H,6-11,18,20-21H2,1-5H3. The van der Waals surface area contributed by atoms with Crippen molar-refractivity contribution in [2.45, 2.75) is 73.1 Å². The van der Waals surface area contributed by atoms with Crippen molar-refractivity contribution < 1.29 is 28.5 Å². The van der Waals surface area contributed by atoms with Crippen LogP contribution in [0.2, 0.25) is 0 Å². The van der Waals surface area contributed by atoms with E-state index in [1.54, 1.807) is 42.5 Å². The Morgan fingerprint density at radius 3 is 2.06 bits per heavy atom. The molecule has 0 bridgehead atoms. The summed E-state index contributed by atoms with van der Waals surface area (Å²) in [7, 11) is 0. The van der Waals surface area contributed by atoms with Gasteiger partial charge in [0.1, 0.15) is 5.75 Å². The third-order valence-electron chi connectivity index (χ3n) is 6.15. The number of ether oxygens (including phenoxy) is 4. The van der Waals surface area contributed by atoms with E-state index in [0.29, 0.717) is 42.6 Å². The normalized spacial score (nSPS) is 12.5. The fourth-order valence-corrected chi connectivity index (χ4v) is 3.17. The van der Waals surface area contributed by atoms with Gasteiger partial charge in [-0.1, -0.05) is 66.7 Å². The van der Waals surface area contributed by atoms with Gasteiger partial charge in [-0.2, -0.15) is 0 Å². The lowest BCUT2D eigenvalue weighted by atomic mass is 10.1. The van der Waals surface area contributed by atoms with Crippen LogP contribution >= 0.6 is 0 Å².